The zero-order valence-corrected chi connectivity index (χ0v) is 13.0. The highest BCUT2D eigenvalue weighted by Crippen LogP contribution is 2.34. The monoisotopic (exact) mass is 394 g/mol. The Kier molecular flexibility index (Phi) is 3.99. The molecule has 0 radical (unpaired) electrons. The summed E-state index contributed by atoms with van der Waals surface area (Å²) in [7, 11) is 0. The van der Waals surface area contributed by atoms with Crippen molar-refractivity contribution in [2.45, 2.75) is 6.92 Å². The fourth-order valence-electron chi connectivity index (χ4n) is 1.43. The Morgan fingerprint density at radius 1 is 1.22 bits per heavy atom. The highest BCUT2D eigenvalue weighted by atomic mass is 79.9. The van der Waals surface area contributed by atoms with Crippen molar-refractivity contribution in [3.05, 3.63) is 54.1 Å². The molecule has 0 amide bonds. The minimum absolute atomic E-state index is 0.121. The van der Waals surface area contributed by atoms with Crippen LogP contribution in [-0.4, -0.2) is 5.78 Å². The van der Waals surface area contributed by atoms with Gasteiger partial charge in [-0.1, -0.05) is 0 Å². The molecule has 0 aliphatic heterocycles. The van der Waals surface area contributed by atoms with Gasteiger partial charge in [-0.05, 0) is 50.4 Å². The van der Waals surface area contributed by atoms with Crippen LogP contribution in [0, 0.1) is 18.6 Å². The minimum atomic E-state index is -0.848. The molecule has 2 rings (SSSR count). The van der Waals surface area contributed by atoms with E-state index in [1.807, 2.05) is 0 Å². The molecule has 2 aromatic rings. The molecular formula is C12H6Br2F2OS. The third kappa shape index (κ3) is 2.41. The Bertz CT molecular complexity index is 637. The van der Waals surface area contributed by atoms with E-state index in [0.717, 1.165) is 10.5 Å². The van der Waals surface area contributed by atoms with Crippen molar-refractivity contribution in [1.82, 2.24) is 0 Å². The number of rotatable bonds is 2. The maximum absolute atomic E-state index is 13.6. The van der Waals surface area contributed by atoms with Crippen LogP contribution < -0.4 is 0 Å². The molecule has 0 spiro atoms. The Morgan fingerprint density at radius 3 is 2.44 bits per heavy atom. The van der Waals surface area contributed by atoms with Crippen LogP contribution in [0.3, 0.4) is 0 Å². The zero-order chi connectivity index (χ0) is 13.4. The average molecular weight is 396 g/mol. The first-order valence-electron chi connectivity index (χ1n) is 4.84. The van der Waals surface area contributed by atoms with Crippen molar-refractivity contribution < 1.29 is 13.6 Å². The maximum Gasteiger partial charge on any atom is 0.207 e. The van der Waals surface area contributed by atoms with E-state index in [2.05, 4.69) is 31.9 Å². The fourth-order valence-corrected chi connectivity index (χ4v) is 3.54. The molecule has 0 N–H and O–H groups in total. The van der Waals surface area contributed by atoms with E-state index < -0.39 is 17.4 Å². The van der Waals surface area contributed by atoms with Crippen LogP contribution in [0.4, 0.5) is 8.78 Å². The number of carbonyl (C=O) groups is 1. The van der Waals surface area contributed by atoms with Crippen molar-refractivity contribution in [2.24, 2.45) is 0 Å². The van der Waals surface area contributed by atoms with E-state index in [-0.39, 0.29) is 11.1 Å². The molecule has 0 aliphatic carbocycles. The van der Waals surface area contributed by atoms with Gasteiger partial charge in [0.1, 0.15) is 11.6 Å². The van der Waals surface area contributed by atoms with Gasteiger partial charge in [0.2, 0.25) is 5.78 Å². The molecule has 0 atom stereocenters. The SMILES string of the molecule is Cc1cc(C(=O)c2scc(Br)c2Br)c(F)cc1F. The lowest BCUT2D eigenvalue weighted by Crippen LogP contribution is -2.04. The first-order valence-corrected chi connectivity index (χ1v) is 7.31. The van der Waals surface area contributed by atoms with Gasteiger partial charge in [-0.2, -0.15) is 0 Å². The van der Waals surface area contributed by atoms with E-state index in [4.69, 9.17) is 0 Å². The number of thiophene rings is 1. The topological polar surface area (TPSA) is 17.1 Å². The summed E-state index contributed by atoms with van der Waals surface area (Å²) >= 11 is 7.71. The van der Waals surface area contributed by atoms with Gasteiger partial charge in [0.05, 0.1) is 14.9 Å². The van der Waals surface area contributed by atoms with Crippen LogP contribution >= 0.6 is 43.2 Å². The summed E-state index contributed by atoms with van der Waals surface area (Å²) in [4.78, 5) is 12.5. The second-order valence-electron chi connectivity index (χ2n) is 3.64. The highest BCUT2D eigenvalue weighted by Gasteiger charge is 2.21. The van der Waals surface area contributed by atoms with Gasteiger partial charge in [-0.15, -0.1) is 11.3 Å². The Morgan fingerprint density at radius 2 is 1.89 bits per heavy atom. The van der Waals surface area contributed by atoms with Crippen molar-refractivity contribution in [3.8, 4) is 0 Å². The van der Waals surface area contributed by atoms with Gasteiger partial charge in [-0.25, -0.2) is 8.78 Å². The van der Waals surface area contributed by atoms with E-state index in [0.29, 0.717) is 9.35 Å². The van der Waals surface area contributed by atoms with Crippen LogP contribution in [0.15, 0.2) is 26.5 Å². The van der Waals surface area contributed by atoms with Gasteiger partial charge < -0.3 is 0 Å². The molecular weight excluding hydrogens is 390 g/mol. The lowest BCUT2D eigenvalue weighted by Gasteiger charge is -2.04. The van der Waals surface area contributed by atoms with Gasteiger partial charge in [0.25, 0.3) is 0 Å². The van der Waals surface area contributed by atoms with E-state index in [1.165, 1.54) is 24.3 Å². The van der Waals surface area contributed by atoms with Gasteiger partial charge in [-0.3, -0.25) is 4.79 Å². The minimum Gasteiger partial charge on any atom is -0.288 e. The number of benzene rings is 1. The molecule has 1 nitrogen and oxygen atoms in total. The molecule has 1 heterocycles. The molecule has 6 heteroatoms. The quantitative estimate of drug-likeness (QED) is 0.647. The maximum atomic E-state index is 13.6. The third-order valence-electron chi connectivity index (χ3n) is 2.39. The zero-order valence-electron chi connectivity index (χ0n) is 9.06. The number of ketones is 1. The first-order chi connectivity index (χ1) is 8.41. The van der Waals surface area contributed by atoms with Crippen LogP contribution in [0.2, 0.25) is 0 Å². The Hall–Kier alpha value is -0.590. The number of aryl methyl sites for hydroxylation is 1. The van der Waals surface area contributed by atoms with Crippen LogP contribution in [-0.2, 0) is 0 Å². The Balaban J connectivity index is 2.53. The molecule has 0 saturated carbocycles. The smallest absolute Gasteiger partial charge is 0.207 e. The second kappa shape index (κ2) is 5.19. The van der Waals surface area contributed by atoms with Gasteiger partial charge in [0, 0.05) is 15.9 Å². The summed E-state index contributed by atoms with van der Waals surface area (Å²) in [6.07, 6.45) is 0. The van der Waals surface area contributed by atoms with Crippen LogP contribution in [0.1, 0.15) is 20.8 Å². The van der Waals surface area contributed by atoms with Gasteiger partial charge in [0.15, 0.2) is 0 Å². The molecule has 18 heavy (non-hydrogen) atoms. The average Bonchev–Trinajstić information content (AvgIpc) is 2.64. The molecule has 0 saturated heterocycles. The number of halogens is 4. The molecule has 0 unspecified atom stereocenters. The van der Waals surface area contributed by atoms with Crippen molar-refractivity contribution in [1.29, 1.82) is 0 Å². The number of carbonyl (C=O) groups excluding carboxylic acids is 1. The van der Waals surface area contributed by atoms with E-state index in [9.17, 15) is 13.6 Å². The van der Waals surface area contributed by atoms with Crippen LogP contribution in [0.5, 0.6) is 0 Å². The molecule has 1 aromatic heterocycles. The van der Waals surface area contributed by atoms with Gasteiger partial charge >= 0.3 is 0 Å². The normalized spacial score (nSPS) is 10.7. The summed E-state index contributed by atoms with van der Waals surface area (Å²) in [6, 6.07) is 1.96. The summed E-state index contributed by atoms with van der Waals surface area (Å²) in [5.74, 6) is -1.96. The van der Waals surface area contributed by atoms with Crippen LogP contribution in [0.25, 0.3) is 0 Å². The third-order valence-corrected chi connectivity index (χ3v) is 5.91. The molecule has 1 aromatic carbocycles. The first kappa shape index (κ1) is 13.8. The van der Waals surface area contributed by atoms with Crippen molar-refractivity contribution in [3.63, 3.8) is 0 Å². The second-order valence-corrected chi connectivity index (χ2v) is 6.16. The molecule has 0 fully saturated rings. The Labute approximate surface area is 123 Å². The predicted octanol–water partition coefficient (Wildman–Crippen LogP) is 5.09. The summed E-state index contributed by atoms with van der Waals surface area (Å²) in [5.41, 5.74) is 0.121. The summed E-state index contributed by atoms with van der Waals surface area (Å²) in [6.45, 7) is 1.49. The standard InChI is InChI=1S/C12H6Br2F2OS/c1-5-2-6(9(16)3-8(5)15)11(17)12-10(14)7(13)4-18-12/h2-4H,1H3. The lowest BCUT2D eigenvalue weighted by atomic mass is 10.1. The fraction of sp³-hybridized carbons (Fsp3) is 0.0833. The molecule has 0 bridgehead atoms. The number of hydrogen-bond acceptors (Lipinski definition) is 2. The van der Waals surface area contributed by atoms with E-state index >= 15 is 0 Å². The van der Waals surface area contributed by atoms with E-state index in [1.54, 1.807) is 5.38 Å². The molecule has 0 aliphatic rings. The number of hydrogen-bond donors (Lipinski definition) is 0. The lowest BCUT2D eigenvalue weighted by molar-refractivity contribution is 0.103. The summed E-state index contributed by atoms with van der Waals surface area (Å²) in [5, 5.41) is 1.73. The van der Waals surface area contributed by atoms with Crippen molar-refractivity contribution >= 4 is 49.0 Å². The predicted molar refractivity (Wildman–Crippen MR) is 74.2 cm³/mol. The molecule has 94 valence electrons. The highest BCUT2D eigenvalue weighted by molar-refractivity contribution is 9.13. The van der Waals surface area contributed by atoms with Crippen molar-refractivity contribution in [2.75, 3.05) is 0 Å². The summed E-state index contributed by atoms with van der Waals surface area (Å²) < 4.78 is 28.1. The largest absolute Gasteiger partial charge is 0.288 e.